The lowest BCUT2D eigenvalue weighted by Crippen LogP contribution is -2.34. The van der Waals surface area contributed by atoms with Crippen molar-refractivity contribution in [2.75, 3.05) is 5.32 Å². The second kappa shape index (κ2) is 4.25. The lowest BCUT2D eigenvalue weighted by atomic mass is 9.86. The van der Waals surface area contributed by atoms with E-state index in [4.69, 9.17) is 5.26 Å². The summed E-state index contributed by atoms with van der Waals surface area (Å²) >= 11 is 0. The van der Waals surface area contributed by atoms with Crippen LogP contribution in [-0.2, 0) is 0 Å². The molecule has 0 unspecified atom stereocenters. The summed E-state index contributed by atoms with van der Waals surface area (Å²) < 4.78 is 0. The number of hydrogen-bond acceptors (Lipinski definition) is 2. The highest BCUT2D eigenvalue weighted by molar-refractivity contribution is 5.81. The molecule has 0 saturated carbocycles. The Morgan fingerprint density at radius 2 is 2.12 bits per heavy atom. The van der Waals surface area contributed by atoms with Gasteiger partial charge >= 0.3 is 0 Å². The molecule has 1 aliphatic heterocycles. The summed E-state index contributed by atoms with van der Waals surface area (Å²) in [6.45, 7) is 6.55. The van der Waals surface area contributed by atoms with E-state index in [0.29, 0.717) is 5.56 Å². The average molecular weight is 226 g/mol. The molecule has 0 bridgehead atoms. The number of benzene rings is 1. The summed E-state index contributed by atoms with van der Waals surface area (Å²) in [5, 5.41) is 12.5. The van der Waals surface area contributed by atoms with Crippen LogP contribution in [0.25, 0.3) is 5.57 Å². The van der Waals surface area contributed by atoms with Crippen LogP contribution in [0.3, 0.4) is 0 Å². The molecule has 88 valence electrons. The summed E-state index contributed by atoms with van der Waals surface area (Å²) in [6, 6.07) is 8.08. The molecule has 2 heteroatoms. The summed E-state index contributed by atoms with van der Waals surface area (Å²) in [5.41, 5.74) is 4.41. The number of nitrogens with zero attached hydrogens (tertiary/aromatic N) is 1. The Labute approximate surface area is 103 Å². The Bertz CT molecular complexity index is 508. The highest BCUT2D eigenvalue weighted by atomic mass is 15.0. The number of rotatable bonds is 2. The van der Waals surface area contributed by atoms with E-state index in [9.17, 15) is 0 Å². The van der Waals surface area contributed by atoms with E-state index >= 15 is 0 Å². The first-order valence-corrected chi connectivity index (χ1v) is 6.16. The molecule has 17 heavy (non-hydrogen) atoms. The van der Waals surface area contributed by atoms with Crippen molar-refractivity contribution < 1.29 is 0 Å². The number of fused-ring (bicyclic) bond motifs is 1. The van der Waals surface area contributed by atoms with Gasteiger partial charge in [0, 0.05) is 11.3 Å². The predicted octanol–water partition coefficient (Wildman–Crippen LogP) is 3.95. The molecule has 2 nitrogen and oxygen atoms in total. The van der Waals surface area contributed by atoms with E-state index in [1.807, 2.05) is 18.2 Å². The Morgan fingerprint density at radius 3 is 2.71 bits per heavy atom. The van der Waals surface area contributed by atoms with E-state index in [-0.39, 0.29) is 5.54 Å². The third kappa shape index (κ3) is 2.06. The van der Waals surface area contributed by atoms with Gasteiger partial charge in [0.25, 0.3) is 0 Å². The third-order valence-corrected chi connectivity index (χ3v) is 3.52. The lowest BCUT2D eigenvalue weighted by Gasteiger charge is -2.34. The minimum atomic E-state index is 0.00637. The van der Waals surface area contributed by atoms with Crippen LogP contribution in [0.1, 0.15) is 44.7 Å². The fourth-order valence-electron chi connectivity index (χ4n) is 2.29. The average Bonchev–Trinajstić information content (AvgIpc) is 2.36. The fourth-order valence-corrected chi connectivity index (χ4v) is 2.29. The molecule has 1 aromatic carbocycles. The summed E-state index contributed by atoms with van der Waals surface area (Å²) in [6.07, 6.45) is 4.38. The van der Waals surface area contributed by atoms with E-state index in [1.165, 1.54) is 11.1 Å². The van der Waals surface area contributed by atoms with Crippen molar-refractivity contribution >= 4 is 11.3 Å². The molecule has 1 aromatic rings. The second-order valence-electron chi connectivity index (χ2n) is 4.79. The van der Waals surface area contributed by atoms with Crippen LogP contribution in [0.2, 0.25) is 0 Å². The maximum absolute atomic E-state index is 8.96. The Morgan fingerprint density at radius 1 is 1.35 bits per heavy atom. The molecule has 0 amide bonds. The first kappa shape index (κ1) is 11.7. The SMILES string of the molecule is CCC1=C[C@](C)(CC)Nc2cc(C#N)ccc21. The molecule has 1 N–H and O–H groups in total. The molecule has 0 saturated heterocycles. The minimum absolute atomic E-state index is 0.00637. The van der Waals surface area contributed by atoms with Gasteiger partial charge in [-0.05, 0) is 37.5 Å². The van der Waals surface area contributed by atoms with Crippen LogP contribution in [0.15, 0.2) is 24.3 Å². The quantitative estimate of drug-likeness (QED) is 0.829. The van der Waals surface area contributed by atoms with Gasteiger partial charge in [-0.15, -0.1) is 0 Å². The topological polar surface area (TPSA) is 35.8 Å². The van der Waals surface area contributed by atoms with Gasteiger partial charge in [-0.3, -0.25) is 0 Å². The molecular weight excluding hydrogens is 208 g/mol. The van der Waals surface area contributed by atoms with E-state index < -0.39 is 0 Å². The predicted molar refractivity (Wildman–Crippen MR) is 71.7 cm³/mol. The first-order valence-electron chi connectivity index (χ1n) is 6.16. The third-order valence-electron chi connectivity index (χ3n) is 3.52. The maximum atomic E-state index is 8.96. The van der Waals surface area contributed by atoms with E-state index in [0.717, 1.165) is 18.5 Å². The van der Waals surface area contributed by atoms with Crippen molar-refractivity contribution in [2.24, 2.45) is 0 Å². The molecule has 0 aliphatic carbocycles. The van der Waals surface area contributed by atoms with Gasteiger partial charge in [0.1, 0.15) is 0 Å². The van der Waals surface area contributed by atoms with Crippen molar-refractivity contribution in [1.29, 1.82) is 5.26 Å². The molecule has 0 spiro atoms. The van der Waals surface area contributed by atoms with Crippen molar-refractivity contribution in [3.8, 4) is 6.07 Å². The number of anilines is 1. The van der Waals surface area contributed by atoms with Gasteiger partial charge in [-0.2, -0.15) is 5.26 Å². The van der Waals surface area contributed by atoms with Crippen LogP contribution < -0.4 is 5.32 Å². The van der Waals surface area contributed by atoms with Gasteiger partial charge in [0.15, 0.2) is 0 Å². The van der Waals surface area contributed by atoms with Crippen molar-refractivity contribution in [3.05, 3.63) is 35.4 Å². The smallest absolute Gasteiger partial charge is 0.0992 e. The molecular formula is C15H18N2. The zero-order valence-electron chi connectivity index (χ0n) is 10.7. The molecule has 0 fully saturated rings. The van der Waals surface area contributed by atoms with Gasteiger partial charge in [-0.25, -0.2) is 0 Å². The molecule has 2 rings (SSSR count). The Hall–Kier alpha value is -1.75. The molecule has 0 radical (unpaired) electrons. The molecule has 1 heterocycles. The molecule has 1 aliphatic rings. The normalized spacial score (nSPS) is 22.1. The van der Waals surface area contributed by atoms with Crippen molar-refractivity contribution in [1.82, 2.24) is 0 Å². The largest absolute Gasteiger partial charge is 0.376 e. The molecule has 1 atom stereocenters. The number of nitriles is 1. The number of hydrogen-bond donors (Lipinski definition) is 1. The number of allylic oxidation sites excluding steroid dienone is 1. The first-order chi connectivity index (χ1) is 8.11. The van der Waals surface area contributed by atoms with Crippen LogP contribution in [-0.4, -0.2) is 5.54 Å². The zero-order valence-corrected chi connectivity index (χ0v) is 10.7. The van der Waals surface area contributed by atoms with Crippen LogP contribution in [0, 0.1) is 11.3 Å². The molecule has 0 aromatic heterocycles. The lowest BCUT2D eigenvalue weighted by molar-refractivity contribution is 0.607. The minimum Gasteiger partial charge on any atom is -0.376 e. The van der Waals surface area contributed by atoms with Crippen LogP contribution in [0.5, 0.6) is 0 Å². The van der Waals surface area contributed by atoms with E-state index in [1.54, 1.807) is 0 Å². The van der Waals surface area contributed by atoms with Gasteiger partial charge in [0.05, 0.1) is 17.2 Å². The standard InChI is InChI=1S/C15H18N2/c1-4-12-9-15(3,5-2)17-14-8-11(10-16)6-7-13(12)14/h6-9,17H,4-5H2,1-3H3/t15-/m0/s1. The Kier molecular flexibility index (Phi) is 2.93. The fraction of sp³-hybridized carbons (Fsp3) is 0.400. The zero-order chi connectivity index (χ0) is 12.5. The van der Waals surface area contributed by atoms with Crippen LogP contribution in [0.4, 0.5) is 5.69 Å². The van der Waals surface area contributed by atoms with Gasteiger partial charge in [0.2, 0.25) is 0 Å². The highest BCUT2D eigenvalue weighted by Crippen LogP contribution is 2.37. The maximum Gasteiger partial charge on any atom is 0.0992 e. The summed E-state index contributed by atoms with van der Waals surface area (Å²) in [5.74, 6) is 0. The highest BCUT2D eigenvalue weighted by Gasteiger charge is 2.26. The van der Waals surface area contributed by atoms with Gasteiger partial charge in [-0.1, -0.05) is 26.0 Å². The van der Waals surface area contributed by atoms with Crippen molar-refractivity contribution in [3.63, 3.8) is 0 Å². The van der Waals surface area contributed by atoms with Crippen LogP contribution >= 0.6 is 0 Å². The summed E-state index contributed by atoms with van der Waals surface area (Å²) in [4.78, 5) is 0. The Balaban J connectivity index is 2.54. The number of nitrogens with one attached hydrogen (secondary N) is 1. The summed E-state index contributed by atoms with van der Waals surface area (Å²) in [7, 11) is 0. The monoisotopic (exact) mass is 226 g/mol. The van der Waals surface area contributed by atoms with Crippen molar-refractivity contribution in [2.45, 2.75) is 39.2 Å². The second-order valence-corrected chi connectivity index (χ2v) is 4.79. The van der Waals surface area contributed by atoms with Gasteiger partial charge < -0.3 is 5.32 Å². The van der Waals surface area contributed by atoms with E-state index in [2.05, 4.69) is 38.2 Å².